The van der Waals surface area contributed by atoms with Crippen molar-refractivity contribution in [2.24, 2.45) is 0 Å². The molecule has 0 saturated carbocycles. The largest absolute Gasteiger partial charge is 0.485 e. The number of para-hydroxylation sites is 1. The Hall–Kier alpha value is -2.80. The van der Waals surface area contributed by atoms with Crippen LogP contribution in [0.15, 0.2) is 41.6 Å². The molecule has 0 aliphatic carbocycles. The number of amides is 1. The van der Waals surface area contributed by atoms with Crippen LogP contribution in [0.4, 0.5) is 5.69 Å². The predicted molar refractivity (Wildman–Crippen MR) is 121 cm³/mol. The summed E-state index contributed by atoms with van der Waals surface area (Å²) in [5.74, 6) is 1.83. The number of ether oxygens (including phenoxy) is 1. The van der Waals surface area contributed by atoms with Gasteiger partial charge in [-0.3, -0.25) is 4.79 Å². The number of nitrogens with one attached hydrogen (secondary N) is 1. The van der Waals surface area contributed by atoms with Crippen molar-refractivity contribution < 1.29 is 9.53 Å². The molecule has 0 saturated heterocycles. The van der Waals surface area contributed by atoms with Gasteiger partial charge in [-0.25, -0.2) is 0 Å². The molecule has 7 heteroatoms. The monoisotopic (exact) mass is 424 g/mol. The summed E-state index contributed by atoms with van der Waals surface area (Å²) in [7, 11) is 0. The molecular weight excluding hydrogens is 396 g/mol. The first kappa shape index (κ1) is 21.9. The van der Waals surface area contributed by atoms with Crippen molar-refractivity contribution in [1.82, 2.24) is 14.8 Å². The average molecular weight is 425 g/mol. The highest BCUT2D eigenvalue weighted by Crippen LogP contribution is 2.24. The van der Waals surface area contributed by atoms with Gasteiger partial charge in [0.25, 0.3) is 0 Å². The van der Waals surface area contributed by atoms with Crippen LogP contribution in [0.2, 0.25) is 0 Å². The van der Waals surface area contributed by atoms with Gasteiger partial charge < -0.3 is 14.6 Å². The Morgan fingerprint density at radius 3 is 2.43 bits per heavy atom. The Labute approximate surface area is 182 Å². The fourth-order valence-corrected chi connectivity index (χ4v) is 3.98. The summed E-state index contributed by atoms with van der Waals surface area (Å²) in [6, 6.07) is 12.0. The summed E-state index contributed by atoms with van der Waals surface area (Å²) in [6.45, 7) is 11.2. The van der Waals surface area contributed by atoms with E-state index in [0.717, 1.165) is 34.0 Å². The van der Waals surface area contributed by atoms with Gasteiger partial charge in [-0.2, -0.15) is 0 Å². The number of anilines is 1. The maximum atomic E-state index is 12.4. The third-order valence-corrected chi connectivity index (χ3v) is 5.95. The Balaban J connectivity index is 1.61. The van der Waals surface area contributed by atoms with Gasteiger partial charge in [-0.15, -0.1) is 10.2 Å². The molecule has 0 bridgehead atoms. The number of aryl methyl sites for hydroxylation is 4. The number of nitrogens with zero attached hydrogens (tertiary/aromatic N) is 3. The zero-order valence-corrected chi connectivity index (χ0v) is 19.0. The van der Waals surface area contributed by atoms with Crippen LogP contribution in [0, 0.1) is 27.7 Å². The number of thioether (sulfide) groups is 1. The van der Waals surface area contributed by atoms with Crippen LogP contribution >= 0.6 is 11.8 Å². The lowest BCUT2D eigenvalue weighted by Crippen LogP contribution is -2.15. The summed E-state index contributed by atoms with van der Waals surface area (Å²) < 4.78 is 8.01. The summed E-state index contributed by atoms with van der Waals surface area (Å²) in [5, 5.41) is 12.2. The minimum atomic E-state index is -0.0674. The zero-order valence-electron chi connectivity index (χ0n) is 18.2. The molecule has 0 radical (unpaired) electrons. The van der Waals surface area contributed by atoms with Gasteiger partial charge in [-0.1, -0.05) is 36.0 Å². The standard InChI is InChI=1S/C23H28N4O2S/c1-6-27-20(13-29-22-16(3)8-7-9-17(22)4)25-26-23(27)30-14-21(28)24-19-11-10-15(2)18(5)12-19/h7-12H,6,13-14H2,1-5H3,(H,24,28). The number of carbonyl (C=O) groups excluding carboxylic acids is 1. The van der Waals surface area contributed by atoms with Crippen LogP contribution in [-0.2, 0) is 17.9 Å². The van der Waals surface area contributed by atoms with E-state index in [1.54, 1.807) is 0 Å². The van der Waals surface area contributed by atoms with Crippen LogP contribution in [0.1, 0.15) is 35.0 Å². The number of carbonyl (C=O) groups is 1. The van der Waals surface area contributed by atoms with Gasteiger partial charge in [0, 0.05) is 12.2 Å². The number of aromatic nitrogens is 3. The van der Waals surface area contributed by atoms with Gasteiger partial charge in [0.05, 0.1) is 5.75 Å². The molecule has 158 valence electrons. The molecule has 6 nitrogen and oxygen atoms in total. The quantitative estimate of drug-likeness (QED) is 0.524. The Morgan fingerprint density at radius 1 is 1.03 bits per heavy atom. The Bertz CT molecular complexity index is 1030. The second-order valence-corrected chi connectivity index (χ2v) is 8.23. The van der Waals surface area contributed by atoms with Crippen LogP contribution in [0.3, 0.4) is 0 Å². The fraction of sp³-hybridized carbons (Fsp3) is 0.348. The van der Waals surface area contributed by atoms with Crippen molar-refractivity contribution in [3.05, 3.63) is 64.5 Å². The lowest BCUT2D eigenvalue weighted by atomic mass is 10.1. The predicted octanol–water partition coefficient (Wildman–Crippen LogP) is 4.84. The third-order valence-electron chi connectivity index (χ3n) is 4.99. The molecule has 1 aromatic heterocycles. The van der Waals surface area contributed by atoms with E-state index in [9.17, 15) is 4.79 Å². The van der Waals surface area contributed by atoms with E-state index in [2.05, 4.69) is 22.4 Å². The number of rotatable bonds is 8. The molecule has 3 aromatic rings. The Kier molecular flexibility index (Phi) is 7.15. The highest BCUT2D eigenvalue weighted by atomic mass is 32.2. The molecule has 0 spiro atoms. The first-order valence-corrected chi connectivity index (χ1v) is 11.0. The fourth-order valence-electron chi connectivity index (χ4n) is 3.16. The van der Waals surface area contributed by atoms with Crippen molar-refractivity contribution in [2.75, 3.05) is 11.1 Å². The molecular formula is C23H28N4O2S. The summed E-state index contributed by atoms with van der Waals surface area (Å²) >= 11 is 1.38. The first-order chi connectivity index (χ1) is 14.4. The molecule has 3 rings (SSSR count). The molecule has 1 N–H and O–H groups in total. The van der Waals surface area contributed by atoms with E-state index in [4.69, 9.17) is 4.74 Å². The van der Waals surface area contributed by atoms with Crippen molar-refractivity contribution in [3.63, 3.8) is 0 Å². The average Bonchev–Trinajstić information content (AvgIpc) is 3.10. The minimum absolute atomic E-state index is 0.0674. The minimum Gasteiger partial charge on any atom is -0.485 e. The molecule has 1 heterocycles. The van der Waals surface area contributed by atoms with Gasteiger partial charge in [-0.05, 0) is 69.0 Å². The van der Waals surface area contributed by atoms with Crippen LogP contribution in [0.5, 0.6) is 5.75 Å². The van der Waals surface area contributed by atoms with Gasteiger partial charge in [0.15, 0.2) is 11.0 Å². The van der Waals surface area contributed by atoms with Crippen LogP contribution in [0.25, 0.3) is 0 Å². The van der Waals surface area contributed by atoms with Gasteiger partial charge in [0.1, 0.15) is 12.4 Å². The van der Waals surface area contributed by atoms with Gasteiger partial charge >= 0.3 is 0 Å². The van der Waals surface area contributed by atoms with E-state index in [0.29, 0.717) is 18.3 Å². The van der Waals surface area contributed by atoms with E-state index in [-0.39, 0.29) is 11.7 Å². The maximum Gasteiger partial charge on any atom is 0.234 e. The van der Waals surface area contributed by atoms with Crippen molar-refractivity contribution >= 4 is 23.4 Å². The van der Waals surface area contributed by atoms with Crippen LogP contribution < -0.4 is 10.1 Å². The molecule has 0 fully saturated rings. The number of hydrogen-bond donors (Lipinski definition) is 1. The second kappa shape index (κ2) is 9.80. The van der Waals surface area contributed by atoms with Crippen LogP contribution in [-0.4, -0.2) is 26.4 Å². The molecule has 1 amide bonds. The van der Waals surface area contributed by atoms with E-state index in [1.165, 1.54) is 17.3 Å². The summed E-state index contributed by atoms with van der Waals surface area (Å²) in [6.07, 6.45) is 0. The number of benzene rings is 2. The highest BCUT2D eigenvalue weighted by molar-refractivity contribution is 7.99. The van der Waals surface area contributed by atoms with Crippen molar-refractivity contribution in [3.8, 4) is 5.75 Å². The molecule has 2 aromatic carbocycles. The molecule has 0 atom stereocenters. The van der Waals surface area contributed by atoms with E-state index >= 15 is 0 Å². The SMILES string of the molecule is CCn1c(COc2c(C)cccc2C)nnc1SCC(=O)Nc1ccc(C)c(C)c1. The van der Waals surface area contributed by atoms with Crippen molar-refractivity contribution in [1.29, 1.82) is 0 Å². The lowest BCUT2D eigenvalue weighted by Gasteiger charge is -2.12. The summed E-state index contributed by atoms with van der Waals surface area (Å²) in [5.41, 5.74) is 5.35. The second-order valence-electron chi connectivity index (χ2n) is 7.29. The first-order valence-electron chi connectivity index (χ1n) is 10.00. The lowest BCUT2D eigenvalue weighted by molar-refractivity contribution is -0.113. The number of hydrogen-bond acceptors (Lipinski definition) is 5. The smallest absolute Gasteiger partial charge is 0.234 e. The molecule has 0 aliphatic heterocycles. The summed E-state index contributed by atoms with van der Waals surface area (Å²) in [4.78, 5) is 12.4. The third kappa shape index (κ3) is 5.21. The topological polar surface area (TPSA) is 69.0 Å². The zero-order chi connectivity index (χ0) is 21.7. The highest BCUT2D eigenvalue weighted by Gasteiger charge is 2.15. The Morgan fingerprint density at radius 2 is 1.77 bits per heavy atom. The normalized spacial score (nSPS) is 10.8. The maximum absolute atomic E-state index is 12.4. The van der Waals surface area contributed by atoms with E-state index in [1.807, 2.05) is 68.7 Å². The van der Waals surface area contributed by atoms with Gasteiger partial charge in [0.2, 0.25) is 5.91 Å². The molecule has 30 heavy (non-hydrogen) atoms. The van der Waals surface area contributed by atoms with E-state index < -0.39 is 0 Å². The molecule has 0 unspecified atom stereocenters. The molecule has 0 aliphatic rings. The van der Waals surface area contributed by atoms with Crippen molar-refractivity contribution in [2.45, 2.75) is 52.9 Å².